The number of rotatable bonds is 5. The SMILES string of the molecule is CCC(Cn1ccnc1)NC(=O)c1cnn2ccccc12. The van der Waals surface area contributed by atoms with Crippen molar-refractivity contribution >= 4 is 11.4 Å². The predicted molar refractivity (Wildman–Crippen MR) is 79.0 cm³/mol. The van der Waals surface area contributed by atoms with Crippen molar-refractivity contribution in [2.75, 3.05) is 0 Å². The molecule has 3 heterocycles. The van der Waals surface area contributed by atoms with Crippen LogP contribution in [0.25, 0.3) is 5.52 Å². The number of nitrogens with zero attached hydrogens (tertiary/aromatic N) is 4. The number of imidazole rings is 1. The third kappa shape index (κ3) is 2.79. The molecule has 6 heteroatoms. The second-order valence-electron chi connectivity index (χ2n) is 4.93. The molecule has 3 rings (SSSR count). The van der Waals surface area contributed by atoms with Gasteiger partial charge in [-0.1, -0.05) is 13.0 Å². The van der Waals surface area contributed by atoms with Crippen molar-refractivity contribution in [1.29, 1.82) is 0 Å². The molecular weight excluding hydrogens is 266 g/mol. The van der Waals surface area contributed by atoms with Crippen molar-refractivity contribution in [3.05, 3.63) is 54.9 Å². The van der Waals surface area contributed by atoms with Crippen LogP contribution in [0.2, 0.25) is 0 Å². The van der Waals surface area contributed by atoms with Gasteiger partial charge in [0.05, 0.1) is 23.6 Å². The molecule has 1 atom stereocenters. The summed E-state index contributed by atoms with van der Waals surface area (Å²) in [6, 6.07) is 5.73. The van der Waals surface area contributed by atoms with Crippen molar-refractivity contribution in [3.8, 4) is 0 Å². The average molecular weight is 283 g/mol. The molecule has 0 aliphatic carbocycles. The van der Waals surface area contributed by atoms with E-state index in [-0.39, 0.29) is 11.9 Å². The lowest BCUT2D eigenvalue weighted by Crippen LogP contribution is -2.37. The largest absolute Gasteiger partial charge is 0.347 e. The van der Waals surface area contributed by atoms with E-state index in [0.717, 1.165) is 11.9 Å². The van der Waals surface area contributed by atoms with Crippen LogP contribution < -0.4 is 5.32 Å². The molecule has 0 aliphatic heterocycles. The highest BCUT2D eigenvalue weighted by atomic mass is 16.1. The average Bonchev–Trinajstić information content (AvgIpc) is 3.15. The molecule has 0 saturated heterocycles. The molecule has 0 saturated carbocycles. The van der Waals surface area contributed by atoms with E-state index in [4.69, 9.17) is 0 Å². The van der Waals surface area contributed by atoms with Gasteiger partial charge in [0.15, 0.2) is 0 Å². The Morgan fingerprint density at radius 3 is 3.05 bits per heavy atom. The molecule has 108 valence electrons. The van der Waals surface area contributed by atoms with Gasteiger partial charge in [-0.25, -0.2) is 9.50 Å². The van der Waals surface area contributed by atoms with Gasteiger partial charge in [-0.3, -0.25) is 4.79 Å². The maximum atomic E-state index is 12.4. The molecule has 6 nitrogen and oxygen atoms in total. The summed E-state index contributed by atoms with van der Waals surface area (Å²) in [4.78, 5) is 16.4. The Kier molecular flexibility index (Phi) is 3.68. The van der Waals surface area contributed by atoms with E-state index in [1.165, 1.54) is 0 Å². The van der Waals surface area contributed by atoms with E-state index in [2.05, 4.69) is 22.3 Å². The van der Waals surface area contributed by atoms with Gasteiger partial charge >= 0.3 is 0 Å². The quantitative estimate of drug-likeness (QED) is 0.775. The van der Waals surface area contributed by atoms with E-state index >= 15 is 0 Å². The first kappa shape index (κ1) is 13.4. The molecule has 1 N–H and O–H groups in total. The Balaban J connectivity index is 1.75. The highest BCUT2D eigenvalue weighted by Gasteiger charge is 2.16. The van der Waals surface area contributed by atoms with E-state index in [1.54, 1.807) is 23.2 Å². The highest BCUT2D eigenvalue weighted by molar-refractivity contribution is 6.00. The molecule has 0 bridgehead atoms. The van der Waals surface area contributed by atoms with Gasteiger partial charge in [0.2, 0.25) is 0 Å². The second-order valence-corrected chi connectivity index (χ2v) is 4.93. The van der Waals surface area contributed by atoms with Gasteiger partial charge in [-0.05, 0) is 18.6 Å². The minimum absolute atomic E-state index is 0.0605. The van der Waals surface area contributed by atoms with Crippen LogP contribution in [-0.2, 0) is 6.54 Å². The number of hydrogen-bond donors (Lipinski definition) is 1. The van der Waals surface area contributed by atoms with E-state index in [9.17, 15) is 4.79 Å². The van der Waals surface area contributed by atoms with Crippen LogP contribution in [0.15, 0.2) is 49.3 Å². The third-order valence-corrected chi connectivity index (χ3v) is 3.49. The second kappa shape index (κ2) is 5.78. The van der Waals surface area contributed by atoms with Crippen LogP contribution in [0.5, 0.6) is 0 Å². The number of pyridine rings is 1. The van der Waals surface area contributed by atoms with Gasteiger partial charge in [-0.2, -0.15) is 5.10 Å². The van der Waals surface area contributed by atoms with Crippen LogP contribution in [0.4, 0.5) is 0 Å². The first-order valence-corrected chi connectivity index (χ1v) is 6.97. The monoisotopic (exact) mass is 283 g/mol. The molecule has 0 fully saturated rings. The summed E-state index contributed by atoms with van der Waals surface area (Å²) < 4.78 is 3.66. The van der Waals surface area contributed by atoms with Crippen molar-refractivity contribution in [1.82, 2.24) is 24.5 Å². The number of amides is 1. The van der Waals surface area contributed by atoms with E-state index in [0.29, 0.717) is 12.1 Å². The molecule has 0 radical (unpaired) electrons. The van der Waals surface area contributed by atoms with Crippen LogP contribution in [0, 0.1) is 0 Å². The summed E-state index contributed by atoms with van der Waals surface area (Å²) >= 11 is 0. The number of hydrogen-bond acceptors (Lipinski definition) is 3. The van der Waals surface area contributed by atoms with Gasteiger partial charge in [0.25, 0.3) is 5.91 Å². The van der Waals surface area contributed by atoms with E-state index < -0.39 is 0 Å². The van der Waals surface area contributed by atoms with Gasteiger partial charge in [0, 0.05) is 31.2 Å². The lowest BCUT2D eigenvalue weighted by Gasteiger charge is -2.17. The highest BCUT2D eigenvalue weighted by Crippen LogP contribution is 2.10. The first-order valence-electron chi connectivity index (χ1n) is 6.97. The molecule has 0 aromatic carbocycles. The summed E-state index contributed by atoms with van der Waals surface area (Å²) in [5.41, 5.74) is 1.41. The molecule has 3 aromatic heterocycles. The third-order valence-electron chi connectivity index (χ3n) is 3.49. The lowest BCUT2D eigenvalue weighted by molar-refractivity contribution is 0.0933. The summed E-state index contributed by atoms with van der Waals surface area (Å²) in [6.07, 6.45) is 9.67. The lowest BCUT2D eigenvalue weighted by atomic mass is 10.2. The Morgan fingerprint density at radius 2 is 2.29 bits per heavy atom. The smallest absolute Gasteiger partial charge is 0.255 e. The van der Waals surface area contributed by atoms with Crippen LogP contribution in [-0.4, -0.2) is 31.1 Å². The van der Waals surface area contributed by atoms with E-state index in [1.807, 2.05) is 35.2 Å². The zero-order chi connectivity index (χ0) is 14.7. The maximum Gasteiger partial charge on any atom is 0.255 e. The molecule has 1 unspecified atom stereocenters. The molecule has 1 amide bonds. The first-order chi connectivity index (χ1) is 10.3. The number of fused-ring (bicyclic) bond motifs is 1. The zero-order valence-electron chi connectivity index (χ0n) is 11.8. The van der Waals surface area contributed by atoms with Gasteiger partial charge < -0.3 is 9.88 Å². The van der Waals surface area contributed by atoms with Crippen molar-refractivity contribution < 1.29 is 4.79 Å². The van der Waals surface area contributed by atoms with Gasteiger partial charge in [-0.15, -0.1) is 0 Å². The fourth-order valence-corrected chi connectivity index (χ4v) is 2.30. The van der Waals surface area contributed by atoms with Crippen LogP contribution in [0.1, 0.15) is 23.7 Å². The Bertz CT molecular complexity index is 731. The van der Waals surface area contributed by atoms with Gasteiger partial charge in [0.1, 0.15) is 0 Å². The van der Waals surface area contributed by atoms with Crippen LogP contribution >= 0.6 is 0 Å². The topological polar surface area (TPSA) is 64.2 Å². The number of aromatic nitrogens is 4. The number of nitrogens with one attached hydrogen (secondary N) is 1. The summed E-state index contributed by atoms with van der Waals surface area (Å²) in [5, 5.41) is 7.25. The normalized spacial score (nSPS) is 12.4. The molecule has 21 heavy (non-hydrogen) atoms. The maximum absolute atomic E-state index is 12.4. The Hall–Kier alpha value is -2.63. The van der Waals surface area contributed by atoms with Crippen molar-refractivity contribution in [2.45, 2.75) is 25.9 Å². The fraction of sp³-hybridized carbons (Fsp3) is 0.267. The van der Waals surface area contributed by atoms with Crippen molar-refractivity contribution in [3.63, 3.8) is 0 Å². The molecular formula is C15H17N5O. The summed E-state index contributed by atoms with van der Waals surface area (Å²) in [6.45, 7) is 2.76. The molecule has 0 spiro atoms. The Morgan fingerprint density at radius 1 is 1.38 bits per heavy atom. The summed E-state index contributed by atoms with van der Waals surface area (Å²) in [5.74, 6) is -0.0943. The zero-order valence-corrected chi connectivity index (χ0v) is 11.8. The van der Waals surface area contributed by atoms with Crippen molar-refractivity contribution in [2.24, 2.45) is 0 Å². The minimum atomic E-state index is -0.0943. The summed E-state index contributed by atoms with van der Waals surface area (Å²) in [7, 11) is 0. The standard InChI is InChI=1S/C15H17N5O/c1-2-12(10-19-8-6-16-11-19)18-15(21)13-9-17-20-7-4-3-5-14(13)20/h3-9,11-12H,2,10H2,1H3,(H,18,21). The molecule has 0 aliphatic rings. The molecule has 3 aromatic rings. The fourth-order valence-electron chi connectivity index (χ4n) is 2.30. The minimum Gasteiger partial charge on any atom is -0.347 e. The number of carbonyl (C=O) groups excluding carboxylic acids is 1. The van der Waals surface area contributed by atoms with Crippen LogP contribution in [0.3, 0.4) is 0 Å². The number of carbonyl (C=O) groups is 1. The predicted octanol–water partition coefficient (Wildman–Crippen LogP) is 1.74. The Labute approximate surface area is 122 Å².